The van der Waals surface area contributed by atoms with Crippen molar-refractivity contribution >= 4 is 39.3 Å². The molecule has 1 N–H and O–H groups in total. The molecule has 0 spiro atoms. The van der Waals surface area contributed by atoms with E-state index < -0.39 is 0 Å². The number of piperazine rings is 1. The van der Waals surface area contributed by atoms with Crippen LogP contribution in [0.15, 0.2) is 24.3 Å². The summed E-state index contributed by atoms with van der Waals surface area (Å²) in [6.07, 6.45) is 6.65. The smallest absolute Gasteiger partial charge is 0.233 e. The van der Waals surface area contributed by atoms with Crippen LogP contribution in [0, 0.1) is 41.4 Å². The number of amides is 2. The third-order valence-electron chi connectivity index (χ3n) is 10.5. The zero-order chi connectivity index (χ0) is 25.1. The first-order valence-corrected chi connectivity index (χ1v) is 15.2. The second-order valence-corrected chi connectivity index (χ2v) is 13.1. The van der Waals surface area contributed by atoms with Crippen molar-refractivity contribution in [3.8, 4) is 0 Å². The van der Waals surface area contributed by atoms with Gasteiger partial charge in [0.2, 0.25) is 11.8 Å². The molecule has 7 nitrogen and oxygen atoms in total. The summed E-state index contributed by atoms with van der Waals surface area (Å²) in [6.45, 7) is 5.89. The molecule has 1 unspecified atom stereocenters. The van der Waals surface area contributed by atoms with Crippen molar-refractivity contribution in [3.63, 3.8) is 0 Å². The number of nitrogens with zero attached hydrogens (tertiary/aromatic N) is 4. The quantitative estimate of drug-likeness (QED) is 0.586. The first kappa shape index (κ1) is 24.0. The summed E-state index contributed by atoms with van der Waals surface area (Å²) >= 11 is 1.59. The zero-order valence-corrected chi connectivity index (χ0v) is 22.3. The number of fused-ring (bicyclic) bond motifs is 6. The van der Waals surface area contributed by atoms with Crippen molar-refractivity contribution in [2.24, 2.45) is 41.4 Å². The Labute approximate surface area is 223 Å². The molecular formula is C29H38N4O3S. The van der Waals surface area contributed by atoms with Gasteiger partial charge in [-0.3, -0.25) is 19.4 Å². The number of aliphatic hydroxyl groups is 1. The van der Waals surface area contributed by atoms with Gasteiger partial charge in [0, 0.05) is 51.3 Å². The molecule has 198 valence electrons. The average Bonchev–Trinajstić information content (AvgIpc) is 3.69. The fourth-order valence-corrected chi connectivity index (χ4v) is 9.41. The Bertz CT molecular complexity index is 1180. The Balaban J connectivity index is 0.985. The summed E-state index contributed by atoms with van der Waals surface area (Å²) in [7, 11) is 0. The molecule has 1 aromatic heterocycles. The van der Waals surface area contributed by atoms with E-state index in [1.807, 2.05) is 0 Å². The molecule has 37 heavy (non-hydrogen) atoms. The minimum atomic E-state index is -0.152. The first-order chi connectivity index (χ1) is 18.1. The summed E-state index contributed by atoms with van der Waals surface area (Å²) in [5.74, 6) is 2.75. The van der Waals surface area contributed by atoms with Gasteiger partial charge >= 0.3 is 0 Å². The normalized spacial score (nSPS) is 36.2. The maximum Gasteiger partial charge on any atom is 0.233 e. The molecule has 7 rings (SSSR count). The summed E-state index contributed by atoms with van der Waals surface area (Å²) < 4.78 is 6.01. The molecule has 7 atom stereocenters. The molecule has 2 aromatic rings. The Morgan fingerprint density at radius 3 is 2.41 bits per heavy atom. The van der Waals surface area contributed by atoms with E-state index in [9.17, 15) is 14.7 Å². The lowest BCUT2D eigenvalue weighted by Gasteiger charge is -2.40. The van der Waals surface area contributed by atoms with Crippen LogP contribution in [0.5, 0.6) is 0 Å². The topological polar surface area (TPSA) is 77.0 Å². The van der Waals surface area contributed by atoms with Gasteiger partial charge in [0.1, 0.15) is 5.82 Å². The molecule has 0 radical (unpaired) electrons. The Kier molecular flexibility index (Phi) is 6.25. The van der Waals surface area contributed by atoms with E-state index >= 15 is 0 Å². The van der Waals surface area contributed by atoms with Gasteiger partial charge in [-0.1, -0.05) is 25.0 Å². The molecule has 1 aromatic carbocycles. The van der Waals surface area contributed by atoms with Crippen molar-refractivity contribution in [2.75, 3.05) is 50.8 Å². The number of benzene rings is 1. The predicted octanol–water partition coefficient (Wildman–Crippen LogP) is 3.47. The monoisotopic (exact) mass is 522 g/mol. The highest BCUT2D eigenvalue weighted by Crippen LogP contribution is 2.58. The summed E-state index contributed by atoms with van der Waals surface area (Å²) in [5.41, 5.74) is 0. The molecule has 8 heteroatoms. The number of imide groups is 1. The van der Waals surface area contributed by atoms with Gasteiger partial charge in [-0.25, -0.2) is 0 Å². The Morgan fingerprint density at radius 2 is 1.62 bits per heavy atom. The summed E-state index contributed by atoms with van der Waals surface area (Å²) in [4.78, 5) is 33.6. The zero-order valence-electron chi connectivity index (χ0n) is 21.5. The third-order valence-corrected chi connectivity index (χ3v) is 11.3. The molecule has 2 bridgehead atoms. The summed E-state index contributed by atoms with van der Waals surface area (Å²) in [6, 6.07) is 8.50. The number of aliphatic hydroxyl groups excluding tert-OH is 1. The lowest BCUT2D eigenvalue weighted by atomic mass is 9.75. The van der Waals surface area contributed by atoms with Crippen LogP contribution in [0.1, 0.15) is 38.5 Å². The molecule has 2 saturated heterocycles. The fraction of sp³-hybridized carbons (Fsp3) is 0.690. The van der Waals surface area contributed by atoms with Gasteiger partial charge in [0.25, 0.3) is 0 Å². The van der Waals surface area contributed by atoms with Crippen molar-refractivity contribution < 1.29 is 14.7 Å². The van der Waals surface area contributed by atoms with E-state index in [0.29, 0.717) is 24.3 Å². The third kappa shape index (κ3) is 4.02. The average molecular weight is 523 g/mol. The Morgan fingerprint density at radius 1 is 0.892 bits per heavy atom. The van der Waals surface area contributed by atoms with Crippen molar-refractivity contribution in [1.29, 1.82) is 0 Å². The fourth-order valence-electron chi connectivity index (χ4n) is 8.62. The van der Waals surface area contributed by atoms with Crippen LogP contribution < -0.4 is 4.90 Å². The number of hydrogen-bond acceptors (Lipinski definition) is 7. The molecule has 5 aliphatic rings. The number of hydrogen-bond donors (Lipinski definition) is 1. The van der Waals surface area contributed by atoms with E-state index in [-0.39, 0.29) is 42.1 Å². The van der Waals surface area contributed by atoms with E-state index in [1.165, 1.54) is 29.3 Å². The number of anilines is 1. The van der Waals surface area contributed by atoms with Gasteiger partial charge in [-0.05, 0) is 78.9 Å². The van der Waals surface area contributed by atoms with E-state index in [0.717, 1.165) is 57.8 Å². The van der Waals surface area contributed by atoms with E-state index in [1.54, 1.807) is 16.4 Å². The van der Waals surface area contributed by atoms with Gasteiger partial charge < -0.3 is 10.0 Å². The minimum Gasteiger partial charge on any atom is -0.396 e. The van der Waals surface area contributed by atoms with Crippen LogP contribution in [0.3, 0.4) is 0 Å². The highest BCUT2D eigenvalue weighted by atomic mass is 32.1. The number of carbonyl (C=O) groups excluding carboxylic acids is 2. The highest BCUT2D eigenvalue weighted by Gasteiger charge is 2.63. The lowest BCUT2D eigenvalue weighted by molar-refractivity contribution is -0.142. The molecule has 2 amide bonds. The largest absolute Gasteiger partial charge is 0.396 e. The summed E-state index contributed by atoms with van der Waals surface area (Å²) in [5, 5.41) is 11.0. The standard InChI is InChI=1S/C29H38N4O3S/c34-17-21-13-20-14-23(21)26-25(20)28(35)33(29(26)36)16-19-6-2-1-5-18(19)15-31-9-11-32(12-10-31)27-22-7-3-4-8-24(22)37-30-27/h3-4,7-8,18-21,23,25-26,34H,1-2,5-6,9-17H2/t18-,19-,20+,21?,23+,25-,26+/m0/s1. The number of carbonyl (C=O) groups is 2. The maximum absolute atomic E-state index is 13.5. The molecule has 3 saturated carbocycles. The number of aromatic nitrogens is 1. The van der Waals surface area contributed by atoms with Crippen LogP contribution in [0.25, 0.3) is 10.1 Å². The van der Waals surface area contributed by atoms with Crippen LogP contribution in [-0.4, -0.2) is 77.0 Å². The number of rotatable bonds is 6. The molecule has 2 aliphatic heterocycles. The van der Waals surface area contributed by atoms with Gasteiger partial charge in [0.05, 0.1) is 16.5 Å². The van der Waals surface area contributed by atoms with E-state index in [4.69, 9.17) is 4.37 Å². The molecule has 5 fully saturated rings. The van der Waals surface area contributed by atoms with Gasteiger partial charge in [-0.2, -0.15) is 4.37 Å². The lowest BCUT2D eigenvalue weighted by Crippen LogP contribution is -2.49. The maximum atomic E-state index is 13.5. The van der Waals surface area contributed by atoms with Gasteiger partial charge in [0.15, 0.2) is 0 Å². The Hall–Kier alpha value is -2.03. The van der Waals surface area contributed by atoms with Crippen LogP contribution >= 0.6 is 11.5 Å². The van der Waals surface area contributed by atoms with E-state index in [2.05, 4.69) is 34.1 Å². The highest BCUT2D eigenvalue weighted by molar-refractivity contribution is 7.13. The second-order valence-electron chi connectivity index (χ2n) is 12.3. The first-order valence-electron chi connectivity index (χ1n) is 14.4. The number of likely N-dealkylation sites (tertiary alicyclic amines) is 1. The van der Waals surface area contributed by atoms with Gasteiger partial charge in [-0.15, -0.1) is 0 Å². The van der Waals surface area contributed by atoms with Crippen molar-refractivity contribution in [1.82, 2.24) is 14.2 Å². The van der Waals surface area contributed by atoms with Crippen molar-refractivity contribution in [3.05, 3.63) is 24.3 Å². The SMILES string of the molecule is O=C1[C@H]2[C@@H]3CC(CO)[C@@H](C3)[C@H]2C(=O)N1C[C@@H]1CCCC[C@H]1CN1CCN(c2nsc3ccccc23)CC1. The van der Waals surface area contributed by atoms with Crippen molar-refractivity contribution in [2.45, 2.75) is 38.5 Å². The minimum absolute atomic E-state index is 0.0778. The molecule has 3 aliphatic carbocycles. The second kappa shape index (κ2) is 9.62. The van der Waals surface area contributed by atoms with Crippen LogP contribution in [0.2, 0.25) is 0 Å². The molecular weight excluding hydrogens is 484 g/mol. The predicted molar refractivity (Wildman–Crippen MR) is 144 cm³/mol. The van der Waals surface area contributed by atoms with Crippen LogP contribution in [0.4, 0.5) is 5.82 Å². The van der Waals surface area contributed by atoms with Crippen LogP contribution in [-0.2, 0) is 9.59 Å². The molecule has 3 heterocycles.